The summed E-state index contributed by atoms with van der Waals surface area (Å²) >= 11 is 0. The summed E-state index contributed by atoms with van der Waals surface area (Å²) < 4.78 is 11.0. The van der Waals surface area contributed by atoms with Crippen LogP contribution in [-0.2, 0) is 0 Å². The smallest absolute Gasteiger partial charge is 0.0830 e. The van der Waals surface area contributed by atoms with Gasteiger partial charge in [0, 0.05) is 0 Å². The zero-order chi connectivity index (χ0) is 4.83. The van der Waals surface area contributed by atoms with Crippen LogP contribution in [0, 0.1) is 0 Å². The third-order valence-corrected chi connectivity index (χ3v) is 0.392. The minimum absolute atomic E-state index is 0.516. The Hall–Kier alpha value is -0.590. The Kier molecular flexibility index (Phi) is 3.98. The second-order valence-electron chi connectivity index (χ2n) is 0.886. The quantitative estimate of drug-likeness (QED) is 0.451. The van der Waals surface area contributed by atoms with Gasteiger partial charge in [0.1, 0.15) is 0 Å². The van der Waals surface area contributed by atoms with Crippen LogP contribution in [0.4, 0.5) is 4.39 Å². The zero-order valence-corrected chi connectivity index (χ0v) is 3.52. The number of hydrogen-bond donors (Lipinski definition) is 0. The molecule has 0 atom stereocenters. The van der Waals surface area contributed by atoms with Crippen molar-refractivity contribution in [2.45, 2.75) is 6.42 Å². The summed E-state index contributed by atoms with van der Waals surface area (Å²) in [6.07, 6.45) is 4.17. The highest BCUT2D eigenvalue weighted by molar-refractivity contribution is 4.82. The molecule has 0 saturated heterocycles. The van der Waals surface area contributed by atoms with Gasteiger partial charge in [0.05, 0.1) is 6.33 Å². The van der Waals surface area contributed by atoms with Crippen molar-refractivity contribution in [2.75, 3.05) is 0 Å². The largest absolute Gasteiger partial charge is 0.216 e. The molecule has 0 N–H and O–H groups in total. The Bertz CT molecular complexity index is 55.0. The second-order valence-corrected chi connectivity index (χ2v) is 0.886. The average Bonchev–Trinajstić information content (AvgIpc) is 1.61. The van der Waals surface area contributed by atoms with Crippen molar-refractivity contribution in [1.29, 1.82) is 0 Å². The Balaban J connectivity index is 2.85. The molecule has 0 rings (SSSR count). The monoisotopic (exact) mass is 86.1 g/mol. The van der Waals surface area contributed by atoms with Crippen LogP contribution >= 0.6 is 0 Å². The van der Waals surface area contributed by atoms with Crippen LogP contribution in [0.2, 0.25) is 0 Å². The molecule has 6 heavy (non-hydrogen) atoms. The molecule has 0 saturated carbocycles. The van der Waals surface area contributed by atoms with Gasteiger partial charge in [-0.05, 0) is 6.42 Å². The van der Waals surface area contributed by atoms with Gasteiger partial charge in [-0.3, -0.25) is 0 Å². The van der Waals surface area contributed by atoms with Gasteiger partial charge < -0.3 is 0 Å². The summed E-state index contributed by atoms with van der Waals surface area (Å²) in [5.41, 5.74) is 0. The highest BCUT2D eigenvalue weighted by atomic mass is 19.1. The Morgan fingerprint density at radius 2 is 2.33 bits per heavy atom. The van der Waals surface area contributed by atoms with Crippen LogP contribution in [0.3, 0.4) is 0 Å². The molecule has 0 unspecified atom stereocenters. The first-order valence-electron chi connectivity index (χ1n) is 1.78. The van der Waals surface area contributed by atoms with E-state index in [1.807, 2.05) is 0 Å². The minimum Gasteiger partial charge on any atom is -0.216 e. The van der Waals surface area contributed by atoms with E-state index in [1.54, 1.807) is 6.08 Å². The predicted octanol–water partition coefficient (Wildman–Crippen LogP) is 2.05. The topological polar surface area (TPSA) is 0 Å². The SMILES string of the molecule is C=CCC=CF. The number of halogens is 1. The first kappa shape index (κ1) is 5.41. The highest BCUT2D eigenvalue weighted by Crippen LogP contribution is 1.80. The lowest BCUT2D eigenvalue weighted by Crippen LogP contribution is -1.47. The molecule has 0 aromatic carbocycles. The van der Waals surface area contributed by atoms with E-state index >= 15 is 0 Å². The number of rotatable bonds is 2. The van der Waals surface area contributed by atoms with Crippen molar-refractivity contribution in [3.63, 3.8) is 0 Å². The van der Waals surface area contributed by atoms with E-state index in [2.05, 4.69) is 6.58 Å². The summed E-state index contributed by atoms with van der Waals surface area (Å²) in [5.74, 6) is 0. The van der Waals surface area contributed by atoms with E-state index in [-0.39, 0.29) is 0 Å². The van der Waals surface area contributed by atoms with Gasteiger partial charge in [0.25, 0.3) is 0 Å². The minimum atomic E-state index is 0.516. The molecule has 0 aliphatic heterocycles. The molecule has 0 aromatic rings. The van der Waals surface area contributed by atoms with E-state index in [9.17, 15) is 4.39 Å². The van der Waals surface area contributed by atoms with Crippen LogP contribution in [-0.4, -0.2) is 0 Å². The molecule has 0 heterocycles. The molecule has 0 amide bonds. The third-order valence-electron chi connectivity index (χ3n) is 0.392. The molecule has 0 fully saturated rings. The van der Waals surface area contributed by atoms with E-state index in [0.717, 1.165) is 0 Å². The maximum absolute atomic E-state index is 11.0. The highest BCUT2D eigenvalue weighted by Gasteiger charge is 1.60. The molecule has 34 valence electrons. The van der Waals surface area contributed by atoms with Gasteiger partial charge in [-0.25, -0.2) is 4.39 Å². The maximum Gasteiger partial charge on any atom is 0.0830 e. The molecule has 0 spiro atoms. The van der Waals surface area contributed by atoms with Crippen LogP contribution in [0.25, 0.3) is 0 Å². The van der Waals surface area contributed by atoms with E-state index < -0.39 is 0 Å². The van der Waals surface area contributed by atoms with Gasteiger partial charge in [-0.2, -0.15) is 0 Å². The fourth-order valence-corrected chi connectivity index (χ4v) is 0.148. The zero-order valence-electron chi connectivity index (χ0n) is 3.52. The Morgan fingerprint density at radius 3 is 2.50 bits per heavy atom. The van der Waals surface area contributed by atoms with Crippen LogP contribution in [0.5, 0.6) is 0 Å². The molecule has 0 radical (unpaired) electrons. The van der Waals surface area contributed by atoms with Crippen molar-refractivity contribution >= 4 is 0 Å². The molecule has 0 nitrogen and oxygen atoms in total. The standard InChI is InChI=1S/C5H7F/c1-2-3-4-5-6/h2,4-5H,1,3H2. The summed E-state index contributed by atoms with van der Waals surface area (Å²) in [6, 6.07) is 0. The molecular formula is C5H7F. The lowest BCUT2D eigenvalue weighted by molar-refractivity contribution is 0.717. The molecule has 0 aromatic heterocycles. The van der Waals surface area contributed by atoms with Gasteiger partial charge in [-0.1, -0.05) is 12.2 Å². The van der Waals surface area contributed by atoms with E-state index in [0.29, 0.717) is 12.8 Å². The van der Waals surface area contributed by atoms with Crippen LogP contribution in [0.1, 0.15) is 6.42 Å². The van der Waals surface area contributed by atoms with Crippen molar-refractivity contribution in [1.82, 2.24) is 0 Å². The van der Waals surface area contributed by atoms with Crippen molar-refractivity contribution in [2.24, 2.45) is 0 Å². The maximum atomic E-state index is 11.0. The lowest BCUT2D eigenvalue weighted by atomic mass is 10.4. The number of hydrogen-bond acceptors (Lipinski definition) is 0. The third kappa shape index (κ3) is 3.41. The molecule has 0 bridgehead atoms. The Morgan fingerprint density at radius 1 is 1.67 bits per heavy atom. The van der Waals surface area contributed by atoms with Gasteiger partial charge in [-0.15, -0.1) is 6.58 Å². The predicted molar refractivity (Wildman–Crippen MR) is 25.1 cm³/mol. The second kappa shape index (κ2) is 4.41. The van der Waals surface area contributed by atoms with Gasteiger partial charge >= 0.3 is 0 Å². The molecule has 1 heteroatoms. The number of allylic oxidation sites excluding steroid dienone is 2. The summed E-state index contributed by atoms with van der Waals surface area (Å²) in [7, 11) is 0. The van der Waals surface area contributed by atoms with E-state index in [1.165, 1.54) is 6.08 Å². The molecule has 0 aliphatic carbocycles. The average molecular weight is 86.1 g/mol. The summed E-state index contributed by atoms with van der Waals surface area (Å²) in [5, 5.41) is 0. The molecule has 0 aliphatic rings. The van der Waals surface area contributed by atoms with Gasteiger partial charge in [0.15, 0.2) is 0 Å². The summed E-state index contributed by atoms with van der Waals surface area (Å²) in [4.78, 5) is 0. The van der Waals surface area contributed by atoms with Crippen LogP contribution < -0.4 is 0 Å². The van der Waals surface area contributed by atoms with Crippen LogP contribution in [0.15, 0.2) is 25.1 Å². The van der Waals surface area contributed by atoms with Crippen molar-refractivity contribution < 1.29 is 4.39 Å². The lowest BCUT2D eigenvalue weighted by Gasteiger charge is -1.67. The van der Waals surface area contributed by atoms with Crippen molar-refractivity contribution in [3.8, 4) is 0 Å². The summed E-state index contributed by atoms with van der Waals surface area (Å²) in [6.45, 7) is 3.38. The van der Waals surface area contributed by atoms with Crippen molar-refractivity contribution in [3.05, 3.63) is 25.1 Å². The van der Waals surface area contributed by atoms with Gasteiger partial charge in [0.2, 0.25) is 0 Å². The normalized spacial score (nSPS) is 9.50. The molecular weight excluding hydrogens is 79.1 g/mol. The first-order chi connectivity index (χ1) is 2.91. The fourth-order valence-electron chi connectivity index (χ4n) is 0.148. The Labute approximate surface area is 37.0 Å². The first-order valence-corrected chi connectivity index (χ1v) is 1.78. The fraction of sp³-hybridized carbons (Fsp3) is 0.200. The van der Waals surface area contributed by atoms with E-state index in [4.69, 9.17) is 0 Å².